The first-order valence-corrected chi connectivity index (χ1v) is 8.65. The molecule has 1 aliphatic heterocycles. The van der Waals surface area contributed by atoms with Gasteiger partial charge in [0.05, 0.1) is 29.3 Å². The van der Waals surface area contributed by atoms with Crippen LogP contribution in [0.15, 0.2) is 30.5 Å². The summed E-state index contributed by atoms with van der Waals surface area (Å²) >= 11 is 0. The first-order valence-electron chi connectivity index (χ1n) is 8.65. The monoisotopic (exact) mass is 355 g/mol. The van der Waals surface area contributed by atoms with Crippen molar-refractivity contribution in [2.45, 2.75) is 32.6 Å². The Morgan fingerprint density at radius 2 is 2.19 bits per heavy atom. The molecule has 0 fully saturated rings. The molecule has 1 aromatic carbocycles. The predicted molar refractivity (Wildman–Crippen MR) is 98.3 cm³/mol. The lowest BCUT2D eigenvalue weighted by molar-refractivity contribution is -0.384. The van der Waals surface area contributed by atoms with Crippen molar-refractivity contribution in [2.24, 2.45) is 0 Å². The number of anilines is 2. The molecular weight excluding hydrogens is 334 g/mol. The molecule has 7 heteroatoms. The van der Waals surface area contributed by atoms with Gasteiger partial charge >= 0.3 is 0 Å². The Labute approximate surface area is 151 Å². The molecule has 136 valence electrons. The summed E-state index contributed by atoms with van der Waals surface area (Å²) in [7, 11) is 0. The molecule has 1 aromatic heterocycles. The van der Waals surface area contributed by atoms with E-state index in [1.54, 1.807) is 18.3 Å². The van der Waals surface area contributed by atoms with Crippen LogP contribution >= 0.6 is 0 Å². The Hall–Kier alpha value is -2.96. The van der Waals surface area contributed by atoms with Gasteiger partial charge in [-0.25, -0.2) is 4.98 Å². The van der Waals surface area contributed by atoms with Gasteiger partial charge in [-0.05, 0) is 30.5 Å². The number of aromatic nitrogens is 1. The van der Waals surface area contributed by atoms with Crippen molar-refractivity contribution in [3.63, 3.8) is 0 Å². The van der Waals surface area contributed by atoms with E-state index >= 15 is 0 Å². The summed E-state index contributed by atoms with van der Waals surface area (Å²) < 4.78 is 5.65. The highest BCUT2D eigenvalue weighted by Gasteiger charge is 2.31. The molecule has 1 atom stereocenters. The van der Waals surface area contributed by atoms with Crippen molar-refractivity contribution >= 4 is 23.3 Å². The molecule has 3 rings (SSSR count). The van der Waals surface area contributed by atoms with Gasteiger partial charge in [-0.1, -0.05) is 13.3 Å². The highest BCUT2D eigenvalue weighted by Crippen LogP contribution is 2.42. The topological polar surface area (TPSA) is 85.6 Å². The number of hydrogen-bond donors (Lipinski definition) is 0. The Morgan fingerprint density at radius 3 is 2.85 bits per heavy atom. The number of non-ortho nitro benzene ring substituents is 1. The number of fused-ring (bicyclic) bond motifs is 1. The molecule has 0 spiro atoms. The highest BCUT2D eigenvalue weighted by atomic mass is 16.6. The number of nitro benzene ring substituents is 1. The van der Waals surface area contributed by atoms with Gasteiger partial charge in [-0.3, -0.25) is 10.1 Å². The van der Waals surface area contributed by atoms with E-state index in [9.17, 15) is 14.9 Å². The number of rotatable bonds is 7. The summed E-state index contributed by atoms with van der Waals surface area (Å²) in [5.74, 6) is 0.238. The molecule has 0 bridgehead atoms. The molecule has 0 radical (unpaired) electrons. The van der Waals surface area contributed by atoms with E-state index in [2.05, 4.69) is 11.9 Å². The zero-order valence-corrected chi connectivity index (χ0v) is 14.8. The lowest BCUT2D eigenvalue weighted by atomic mass is 10.0. The number of carbonyl (C=O) groups excluding carboxylic acids is 1. The fourth-order valence-electron chi connectivity index (χ4n) is 3.16. The number of hydrogen-bond acceptors (Lipinski definition) is 6. The number of ether oxygens (including phenoxy) is 1. The lowest BCUT2D eigenvalue weighted by Gasteiger charge is -2.21. The average Bonchev–Trinajstić information content (AvgIpc) is 2.99. The van der Waals surface area contributed by atoms with Crippen molar-refractivity contribution in [2.75, 3.05) is 18.1 Å². The number of pyridine rings is 1. The normalized spacial score (nSPS) is 15.6. The Morgan fingerprint density at radius 1 is 1.38 bits per heavy atom. The largest absolute Gasteiger partial charge is 0.478 e. The van der Waals surface area contributed by atoms with Crippen LogP contribution in [0.5, 0.6) is 5.88 Å². The smallest absolute Gasteiger partial charge is 0.269 e. The van der Waals surface area contributed by atoms with Gasteiger partial charge in [0, 0.05) is 30.4 Å². The maximum Gasteiger partial charge on any atom is 0.269 e. The van der Waals surface area contributed by atoms with E-state index in [-0.39, 0.29) is 11.6 Å². The average molecular weight is 355 g/mol. The number of nitro groups is 1. The Balaban J connectivity index is 1.93. The van der Waals surface area contributed by atoms with Crippen LogP contribution in [0.25, 0.3) is 0 Å². The van der Waals surface area contributed by atoms with E-state index < -0.39 is 4.92 Å². The van der Waals surface area contributed by atoms with Gasteiger partial charge in [0.1, 0.15) is 6.29 Å². The zero-order chi connectivity index (χ0) is 18.7. The number of benzene rings is 1. The Kier molecular flexibility index (Phi) is 5.16. The van der Waals surface area contributed by atoms with Gasteiger partial charge in [0.25, 0.3) is 5.69 Å². The van der Waals surface area contributed by atoms with Crippen molar-refractivity contribution in [3.05, 3.63) is 51.7 Å². The van der Waals surface area contributed by atoms with E-state index in [0.717, 1.165) is 41.6 Å². The second-order valence-electron chi connectivity index (χ2n) is 6.36. The number of aryl methyl sites for hydroxylation is 1. The van der Waals surface area contributed by atoms with Gasteiger partial charge in [0.2, 0.25) is 5.88 Å². The molecule has 2 heterocycles. The number of unbranched alkanes of at least 4 members (excludes halogenated alkanes) is 1. The number of aldehydes is 1. The first kappa shape index (κ1) is 17.8. The van der Waals surface area contributed by atoms with E-state index in [1.165, 1.54) is 6.07 Å². The minimum atomic E-state index is -0.412. The van der Waals surface area contributed by atoms with Crippen LogP contribution in [0.2, 0.25) is 0 Å². The van der Waals surface area contributed by atoms with E-state index in [1.807, 2.05) is 17.9 Å². The molecule has 7 nitrogen and oxygen atoms in total. The summed E-state index contributed by atoms with van der Waals surface area (Å²) in [6, 6.07) is 6.56. The minimum Gasteiger partial charge on any atom is -0.478 e. The fraction of sp³-hybridized carbons (Fsp3) is 0.368. The standard InChI is InChI=1S/C19H21N3O4/c1-3-4-7-26-19-9-16-14(12-23)11-21(18(16)10-20-19)17-6-5-15(22(24)25)8-13(17)2/h5-6,8-10,12,14H,3-4,7,11H2,1-2H3. The lowest BCUT2D eigenvalue weighted by Crippen LogP contribution is -2.17. The molecule has 1 aliphatic rings. The zero-order valence-electron chi connectivity index (χ0n) is 14.8. The molecule has 0 N–H and O–H groups in total. The maximum atomic E-state index is 11.6. The number of nitrogens with zero attached hydrogens (tertiary/aromatic N) is 3. The van der Waals surface area contributed by atoms with Crippen molar-refractivity contribution in [3.8, 4) is 5.88 Å². The van der Waals surface area contributed by atoms with Crippen LogP contribution < -0.4 is 9.64 Å². The molecule has 0 aliphatic carbocycles. The maximum absolute atomic E-state index is 11.6. The second-order valence-corrected chi connectivity index (χ2v) is 6.36. The van der Waals surface area contributed by atoms with Crippen LogP contribution in [0, 0.1) is 17.0 Å². The van der Waals surface area contributed by atoms with Crippen molar-refractivity contribution < 1.29 is 14.5 Å². The summed E-state index contributed by atoms with van der Waals surface area (Å²) in [5.41, 5.74) is 3.37. The van der Waals surface area contributed by atoms with Crippen molar-refractivity contribution in [1.82, 2.24) is 4.98 Å². The molecule has 0 saturated carbocycles. The molecular formula is C19H21N3O4. The highest BCUT2D eigenvalue weighted by molar-refractivity contribution is 5.80. The summed E-state index contributed by atoms with van der Waals surface area (Å²) in [6.45, 7) is 5.00. The third-order valence-corrected chi connectivity index (χ3v) is 4.55. The number of carbonyl (C=O) groups is 1. The van der Waals surface area contributed by atoms with Gasteiger partial charge in [-0.2, -0.15) is 0 Å². The summed E-state index contributed by atoms with van der Waals surface area (Å²) in [6.07, 6.45) is 4.62. The summed E-state index contributed by atoms with van der Waals surface area (Å²) in [5, 5.41) is 10.9. The van der Waals surface area contributed by atoms with E-state index in [4.69, 9.17) is 4.74 Å². The van der Waals surface area contributed by atoms with Crippen LogP contribution in [-0.4, -0.2) is 29.3 Å². The van der Waals surface area contributed by atoms with Crippen LogP contribution in [0.1, 0.15) is 36.8 Å². The SMILES string of the molecule is CCCCOc1cc2c(cn1)N(c1ccc([N+](=O)[O-])cc1C)CC2C=O. The quantitative estimate of drug-likeness (QED) is 0.324. The van der Waals surface area contributed by atoms with Crippen molar-refractivity contribution in [1.29, 1.82) is 0 Å². The van der Waals surface area contributed by atoms with Gasteiger partial charge in [-0.15, -0.1) is 0 Å². The van der Waals surface area contributed by atoms with Gasteiger partial charge < -0.3 is 14.4 Å². The van der Waals surface area contributed by atoms with Crippen LogP contribution in [0.3, 0.4) is 0 Å². The first-order chi connectivity index (χ1) is 12.5. The third kappa shape index (κ3) is 3.37. The van der Waals surface area contributed by atoms with E-state index in [0.29, 0.717) is 19.0 Å². The summed E-state index contributed by atoms with van der Waals surface area (Å²) in [4.78, 5) is 28.4. The Bertz CT molecular complexity index is 838. The van der Waals surface area contributed by atoms with Crippen LogP contribution in [0.4, 0.5) is 17.1 Å². The molecule has 26 heavy (non-hydrogen) atoms. The minimum absolute atomic E-state index is 0.0513. The van der Waals surface area contributed by atoms with Gasteiger partial charge in [0.15, 0.2) is 0 Å². The third-order valence-electron chi connectivity index (χ3n) is 4.55. The fourth-order valence-corrected chi connectivity index (χ4v) is 3.16. The molecule has 1 unspecified atom stereocenters. The predicted octanol–water partition coefficient (Wildman–Crippen LogP) is 3.91. The molecule has 0 amide bonds. The van der Waals surface area contributed by atoms with Crippen LogP contribution in [-0.2, 0) is 4.79 Å². The second kappa shape index (κ2) is 7.51. The molecule has 0 saturated heterocycles. The molecule has 2 aromatic rings.